The number of nitriles is 2. The van der Waals surface area contributed by atoms with Gasteiger partial charge in [-0.3, -0.25) is 4.79 Å². The molecule has 23 heavy (non-hydrogen) atoms. The van der Waals surface area contributed by atoms with Crippen LogP contribution < -0.4 is 11.3 Å². The lowest BCUT2D eigenvalue weighted by Crippen LogP contribution is -2.16. The van der Waals surface area contributed by atoms with Crippen LogP contribution in [0, 0.1) is 29.6 Å². The van der Waals surface area contributed by atoms with Gasteiger partial charge in [-0.25, -0.2) is 0 Å². The minimum atomic E-state index is -0.758. The number of anilines is 1. The summed E-state index contributed by atoms with van der Waals surface area (Å²) < 4.78 is 5.21. The highest BCUT2D eigenvalue weighted by atomic mass is 16.5. The van der Waals surface area contributed by atoms with Crippen molar-refractivity contribution in [3.05, 3.63) is 39.3 Å². The number of nitrogens with zero attached hydrogens (tertiary/aromatic N) is 3. The van der Waals surface area contributed by atoms with E-state index >= 15 is 0 Å². The minimum absolute atomic E-state index is 0.0361. The molecule has 4 N–H and O–H groups in total. The van der Waals surface area contributed by atoms with Crippen LogP contribution in [0.25, 0.3) is 22.1 Å². The van der Waals surface area contributed by atoms with Crippen molar-refractivity contribution in [3.8, 4) is 29.0 Å². The number of pyridine rings is 1. The van der Waals surface area contributed by atoms with Crippen LogP contribution in [-0.2, 0) is 0 Å². The Morgan fingerprint density at radius 1 is 1.26 bits per heavy atom. The van der Waals surface area contributed by atoms with E-state index in [0.717, 1.165) is 0 Å². The number of aromatic nitrogens is 2. The van der Waals surface area contributed by atoms with E-state index in [1.54, 1.807) is 19.1 Å². The second kappa shape index (κ2) is 4.90. The molecule has 1 aromatic carbocycles. The molecule has 8 heteroatoms. The van der Waals surface area contributed by atoms with Gasteiger partial charge in [0.1, 0.15) is 34.8 Å². The molecular formula is C15H9N5O3. The molecule has 0 aliphatic carbocycles. The number of fused-ring (bicyclic) bond motifs is 1. The molecule has 0 aliphatic rings. The Kier molecular flexibility index (Phi) is 3.02. The fraction of sp³-hybridized carbons (Fsp3) is 0.0667. The summed E-state index contributed by atoms with van der Waals surface area (Å²) >= 11 is 0. The zero-order valence-corrected chi connectivity index (χ0v) is 11.8. The first-order valence-electron chi connectivity index (χ1n) is 6.43. The molecule has 0 spiro atoms. The molecule has 0 radical (unpaired) electrons. The molecule has 0 fully saturated rings. The van der Waals surface area contributed by atoms with Gasteiger partial charge in [0.15, 0.2) is 5.58 Å². The first-order valence-corrected chi connectivity index (χ1v) is 6.43. The van der Waals surface area contributed by atoms with Crippen molar-refractivity contribution < 1.29 is 9.63 Å². The van der Waals surface area contributed by atoms with Crippen molar-refractivity contribution in [2.75, 3.05) is 5.73 Å². The normalized spacial score (nSPS) is 10.4. The predicted molar refractivity (Wildman–Crippen MR) is 80.3 cm³/mol. The second-order valence-corrected chi connectivity index (χ2v) is 4.82. The molecule has 0 amide bonds. The topological polar surface area (TPSA) is 153 Å². The van der Waals surface area contributed by atoms with Crippen LogP contribution in [0.15, 0.2) is 21.5 Å². The Labute approximate surface area is 129 Å². The number of aryl methyl sites for hydroxylation is 1. The molecule has 0 bridgehead atoms. The van der Waals surface area contributed by atoms with E-state index in [-0.39, 0.29) is 39.4 Å². The van der Waals surface area contributed by atoms with Crippen LogP contribution in [0.1, 0.15) is 16.8 Å². The third-order valence-electron chi connectivity index (χ3n) is 3.52. The summed E-state index contributed by atoms with van der Waals surface area (Å²) in [6, 6.07) is 6.55. The van der Waals surface area contributed by atoms with E-state index in [0.29, 0.717) is 11.1 Å². The summed E-state index contributed by atoms with van der Waals surface area (Å²) in [5, 5.41) is 33.3. The van der Waals surface area contributed by atoms with Gasteiger partial charge >= 0.3 is 0 Å². The molecule has 2 heterocycles. The SMILES string of the molecule is Cc1noc2c(-c3c(C#N)c(N)[nH]c(=O)c3C#N)c(O)ccc12. The molecule has 112 valence electrons. The summed E-state index contributed by atoms with van der Waals surface area (Å²) in [7, 11) is 0. The Bertz CT molecular complexity index is 1100. The number of rotatable bonds is 1. The lowest BCUT2D eigenvalue weighted by atomic mass is 9.94. The molecule has 0 aliphatic heterocycles. The number of benzene rings is 1. The number of hydrogen-bond donors (Lipinski definition) is 3. The first kappa shape index (κ1) is 14.2. The summed E-state index contributed by atoms with van der Waals surface area (Å²) in [5.41, 5.74) is 5.15. The van der Waals surface area contributed by atoms with E-state index in [2.05, 4.69) is 10.1 Å². The maximum atomic E-state index is 12.0. The van der Waals surface area contributed by atoms with Crippen LogP contribution in [0.3, 0.4) is 0 Å². The van der Waals surface area contributed by atoms with Crippen LogP contribution in [0.4, 0.5) is 5.82 Å². The maximum absolute atomic E-state index is 12.0. The lowest BCUT2D eigenvalue weighted by Gasteiger charge is -2.10. The summed E-state index contributed by atoms with van der Waals surface area (Å²) in [5.74, 6) is -0.453. The number of nitrogens with two attached hydrogens (primary N) is 1. The average Bonchev–Trinajstić information content (AvgIpc) is 2.88. The lowest BCUT2D eigenvalue weighted by molar-refractivity contribution is 0.446. The van der Waals surface area contributed by atoms with Crippen molar-refractivity contribution in [2.24, 2.45) is 0 Å². The van der Waals surface area contributed by atoms with Gasteiger partial charge in [0.05, 0.1) is 11.3 Å². The van der Waals surface area contributed by atoms with Crippen LogP contribution in [-0.4, -0.2) is 15.2 Å². The summed E-state index contributed by atoms with van der Waals surface area (Å²) in [6.07, 6.45) is 0. The zero-order valence-electron chi connectivity index (χ0n) is 11.8. The van der Waals surface area contributed by atoms with E-state index in [9.17, 15) is 20.4 Å². The molecule has 0 atom stereocenters. The van der Waals surface area contributed by atoms with E-state index in [1.165, 1.54) is 6.07 Å². The van der Waals surface area contributed by atoms with Gasteiger partial charge in [0.25, 0.3) is 5.56 Å². The monoisotopic (exact) mass is 307 g/mol. The number of aromatic amines is 1. The van der Waals surface area contributed by atoms with Crippen LogP contribution >= 0.6 is 0 Å². The fourth-order valence-electron chi connectivity index (χ4n) is 2.45. The van der Waals surface area contributed by atoms with Gasteiger partial charge in [0.2, 0.25) is 0 Å². The highest BCUT2D eigenvalue weighted by molar-refractivity contribution is 6.00. The first-order chi connectivity index (χ1) is 11.0. The smallest absolute Gasteiger partial charge is 0.268 e. The standard InChI is InChI=1S/C15H9N5O3/c1-6-7-2-3-10(21)12(13(7)23-20-6)11-8(4-16)14(18)19-15(22)9(11)5-17/h2-3,21H,1H3,(H3,18,19,22). The van der Waals surface area contributed by atoms with E-state index in [4.69, 9.17) is 10.3 Å². The third kappa shape index (κ3) is 1.90. The predicted octanol–water partition coefficient (Wildman–Crippen LogP) is 1.52. The third-order valence-corrected chi connectivity index (χ3v) is 3.52. The number of nitrogens with one attached hydrogen (secondary N) is 1. The Morgan fingerprint density at radius 2 is 1.96 bits per heavy atom. The number of nitrogen functional groups attached to an aromatic ring is 1. The maximum Gasteiger partial charge on any atom is 0.268 e. The van der Waals surface area contributed by atoms with Crippen molar-refractivity contribution in [3.63, 3.8) is 0 Å². The van der Waals surface area contributed by atoms with Gasteiger partial charge in [-0.15, -0.1) is 0 Å². The van der Waals surface area contributed by atoms with Crippen LogP contribution in [0.5, 0.6) is 5.75 Å². The largest absolute Gasteiger partial charge is 0.507 e. The zero-order chi connectivity index (χ0) is 16.7. The number of aromatic hydroxyl groups is 1. The molecule has 8 nitrogen and oxygen atoms in total. The van der Waals surface area contributed by atoms with Gasteiger partial charge in [-0.1, -0.05) is 5.16 Å². The highest BCUT2D eigenvalue weighted by Crippen LogP contribution is 2.40. The molecule has 0 unspecified atom stereocenters. The Morgan fingerprint density at radius 3 is 2.61 bits per heavy atom. The summed E-state index contributed by atoms with van der Waals surface area (Å²) in [6.45, 7) is 1.70. The number of phenols is 1. The van der Waals surface area contributed by atoms with Gasteiger partial charge in [-0.2, -0.15) is 10.5 Å². The average molecular weight is 307 g/mol. The Balaban J connectivity index is 2.60. The highest BCUT2D eigenvalue weighted by Gasteiger charge is 2.25. The number of phenolic OH excluding ortho intramolecular Hbond substituents is 1. The molecule has 2 aromatic heterocycles. The van der Waals surface area contributed by atoms with Crippen LogP contribution in [0.2, 0.25) is 0 Å². The van der Waals surface area contributed by atoms with Gasteiger partial charge < -0.3 is 20.3 Å². The van der Waals surface area contributed by atoms with E-state index < -0.39 is 5.56 Å². The number of H-pyrrole nitrogens is 1. The van der Waals surface area contributed by atoms with E-state index in [1.807, 2.05) is 6.07 Å². The minimum Gasteiger partial charge on any atom is -0.507 e. The second-order valence-electron chi connectivity index (χ2n) is 4.82. The van der Waals surface area contributed by atoms with Gasteiger partial charge in [0, 0.05) is 10.9 Å². The number of hydrogen-bond acceptors (Lipinski definition) is 7. The molecule has 0 saturated carbocycles. The Hall–Kier alpha value is -3.78. The molecular weight excluding hydrogens is 298 g/mol. The summed E-state index contributed by atoms with van der Waals surface area (Å²) in [4.78, 5) is 14.2. The quantitative estimate of drug-likeness (QED) is 0.616. The van der Waals surface area contributed by atoms with Crippen molar-refractivity contribution in [1.29, 1.82) is 10.5 Å². The molecule has 3 rings (SSSR count). The molecule has 0 saturated heterocycles. The van der Waals surface area contributed by atoms with Crippen molar-refractivity contribution in [1.82, 2.24) is 10.1 Å². The van der Waals surface area contributed by atoms with Gasteiger partial charge in [-0.05, 0) is 19.1 Å². The van der Waals surface area contributed by atoms with Crippen molar-refractivity contribution in [2.45, 2.75) is 6.92 Å². The van der Waals surface area contributed by atoms with Crippen molar-refractivity contribution >= 4 is 16.8 Å². The molecule has 3 aromatic rings. The fourth-order valence-corrected chi connectivity index (χ4v) is 2.45.